The monoisotopic (exact) mass is 292 g/mol. The summed E-state index contributed by atoms with van der Waals surface area (Å²) in [4.78, 5) is 16.0. The van der Waals surface area contributed by atoms with Crippen molar-refractivity contribution in [3.05, 3.63) is 10.6 Å². The first-order valence-electron chi connectivity index (χ1n) is 5.31. The fourth-order valence-electron chi connectivity index (χ4n) is 1.10. The second-order valence-electron chi connectivity index (χ2n) is 4.30. The van der Waals surface area contributed by atoms with Gasteiger partial charge in [0.15, 0.2) is 5.13 Å². The molecule has 0 aliphatic carbocycles. The number of sulfonamides is 1. The standard InChI is InChI=1S/C10H16N2O4S2/c1-6(2)5-16-9(13)8-7(3)11-10(17-8)12-18(4,14)15/h6H,5H2,1-4H3,(H,11,12). The first-order chi connectivity index (χ1) is 8.19. The van der Waals surface area contributed by atoms with Gasteiger partial charge in [0.25, 0.3) is 0 Å². The first-order valence-corrected chi connectivity index (χ1v) is 8.02. The van der Waals surface area contributed by atoms with Crippen LogP contribution in [0, 0.1) is 12.8 Å². The largest absolute Gasteiger partial charge is 0.461 e. The van der Waals surface area contributed by atoms with E-state index in [0.29, 0.717) is 17.2 Å². The SMILES string of the molecule is Cc1nc(NS(C)(=O)=O)sc1C(=O)OCC(C)C. The lowest BCUT2D eigenvalue weighted by molar-refractivity contribution is 0.0463. The van der Waals surface area contributed by atoms with Crippen molar-refractivity contribution >= 4 is 32.5 Å². The number of thiazole rings is 1. The van der Waals surface area contributed by atoms with Crippen LogP contribution >= 0.6 is 11.3 Å². The fourth-order valence-corrected chi connectivity index (χ4v) is 2.79. The summed E-state index contributed by atoms with van der Waals surface area (Å²) in [6, 6.07) is 0. The van der Waals surface area contributed by atoms with Gasteiger partial charge in [-0.2, -0.15) is 0 Å². The maximum atomic E-state index is 11.7. The van der Waals surface area contributed by atoms with Gasteiger partial charge in [0, 0.05) is 0 Å². The highest BCUT2D eigenvalue weighted by Crippen LogP contribution is 2.24. The van der Waals surface area contributed by atoms with Crippen molar-refractivity contribution in [3.63, 3.8) is 0 Å². The van der Waals surface area contributed by atoms with Crippen LogP contribution in [0.5, 0.6) is 0 Å². The lowest BCUT2D eigenvalue weighted by atomic mass is 10.2. The fraction of sp³-hybridized carbons (Fsp3) is 0.600. The summed E-state index contributed by atoms with van der Waals surface area (Å²) in [7, 11) is -3.39. The van der Waals surface area contributed by atoms with Gasteiger partial charge >= 0.3 is 5.97 Å². The van der Waals surface area contributed by atoms with Gasteiger partial charge in [0.1, 0.15) is 4.88 Å². The highest BCUT2D eigenvalue weighted by molar-refractivity contribution is 7.92. The number of anilines is 1. The van der Waals surface area contributed by atoms with Gasteiger partial charge < -0.3 is 4.74 Å². The maximum absolute atomic E-state index is 11.7. The Morgan fingerprint density at radius 3 is 2.61 bits per heavy atom. The number of hydrogen-bond acceptors (Lipinski definition) is 6. The molecule has 0 aromatic carbocycles. The Labute approximate surface area is 110 Å². The molecule has 1 rings (SSSR count). The molecule has 0 radical (unpaired) electrons. The number of hydrogen-bond donors (Lipinski definition) is 1. The lowest BCUT2D eigenvalue weighted by Crippen LogP contribution is -2.09. The van der Waals surface area contributed by atoms with Crippen molar-refractivity contribution in [2.45, 2.75) is 20.8 Å². The van der Waals surface area contributed by atoms with E-state index in [2.05, 4.69) is 9.71 Å². The lowest BCUT2D eigenvalue weighted by Gasteiger charge is -2.05. The average Bonchev–Trinajstić information content (AvgIpc) is 2.53. The molecule has 18 heavy (non-hydrogen) atoms. The van der Waals surface area contributed by atoms with Crippen molar-refractivity contribution in [1.82, 2.24) is 4.98 Å². The molecule has 1 heterocycles. The molecule has 0 unspecified atom stereocenters. The predicted octanol–water partition coefficient (Wildman–Crippen LogP) is 1.64. The zero-order valence-electron chi connectivity index (χ0n) is 10.7. The molecule has 0 atom stereocenters. The molecule has 8 heteroatoms. The minimum atomic E-state index is -3.39. The van der Waals surface area contributed by atoms with E-state index in [4.69, 9.17) is 4.74 Å². The van der Waals surface area contributed by atoms with Crippen molar-refractivity contribution in [3.8, 4) is 0 Å². The molecule has 0 spiro atoms. The number of aromatic nitrogens is 1. The van der Waals surface area contributed by atoms with E-state index in [-0.39, 0.29) is 11.0 Å². The molecule has 0 aliphatic rings. The summed E-state index contributed by atoms with van der Waals surface area (Å²) in [5.74, 6) is -0.226. The summed E-state index contributed by atoms with van der Waals surface area (Å²) >= 11 is 0.970. The van der Waals surface area contributed by atoms with Crippen LogP contribution in [0.3, 0.4) is 0 Å². The molecule has 6 nitrogen and oxygen atoms in total. The van der Waals surface area contributed by atoms with E-state index < -0.39 is 16.0 Å². The molecular formula is C10H16N2O4S2. The van der Waals surface area contributed by atoms with Crippen LogP contribution in [0.1, 0.15) is 29.2 Å². The average molecular weight is 292 g/mol. The Morgan fingerprint density at radius 1 is 1.50 bits per heavy atom. The van der Waals surface area contributed by atoms with Crippen molar-refractivity contribution in [2.75, 3.05) is 17.6 Å². The number of ether oxygens (including phenoxy) is 1. The summed E-state index contributed by atoms with van der Waals surface area (Å²) in [6.07, 6.45) is 1.03. The molecule has 0 amide bonds. The molecule has 0 fully saturated rings. The summed E-state index contributed by atoms with van der Waals surface area (Å²) in [5.41, 5.74) is 0.458. The van der Waals surface area contributed by atoms with E-state index in [9.17, 15) is 13.2 Å². The number of rotatable bonds is 5. The Morgan fingerprint density at radius 2 is 2.11 bits per heavy atom. The van der Waals surface area contributed by atoms with Gasteiger partial charge in [-0.3, -0.25) is 4.72 Å². The van der Waals surface area contributed by atoms with Gasteiger partial charge in [-0.25, -0.2) is 18.2 Å². The molecule has 1 aromatic heterocycles. The Hall–Kier alpha value is -1.15. The number of nitrogens with one attached hydrogen (secondary N) is 1. The zero-order chi connectivity index (χ0) is 13.9. The summed E-state index contributed by atoms with van der Waals surface area (Å²) in [5, 5.41) is 0.173. The molecule has 0 saturated carbocycles. The van der Waals surface area contributed by atoms with Gasteiger partial charge in [-0.15, -0.1) is 0 Å². The first kappa shape index (κ1) is 14.9. The topological polar surface area (TPSA) is 85.4 Å². The zero-order valence-corrected chi connectivity index (χ0v) is 12.3. The highest BCUT2D eigenvalue weighted by atomic mass is 32.2. The van der Waals surface area contributed by atoms with E-state index >= 15 is 0 Å². The number of esters is 1. The van der Waals surface area contributed by atoms with Crippen molar-refractivity contribution in [1.29, 1.82) is 0 Å². The van der Waals surface area contributed by atoms with Gasteiger partial charge in [0.05, 0.1) is 18.6 Å². The Kier molecular flexibility index (Phi) is 4.69. The normalized spacial score (nSPS) is 11.6. The summed E-state index contributed by atoms with van der Waals surface area (Å²) < 4.78 is 29.4. The summed E-state index contributed by atoms with van der Waals surface area (Å²) in [6.45, 7) is 5.83. The second-order valence-corrected chi connectivity index (χ2v) is 7.05. The van der Waals surface area contributed by atoms with Crippen LogP contribution in [0.4, 0.5) is 5.13 Å². The third kappa shape index (κ3) is 4.61. The van der Waals surface area contributed by atoms with Gasteiger partial charge in [0.2, 0.25) is 10.0 Å². The Bertz CT molecular complexity index is 534. The third-order valence-corrected chi connectivity index (χ3v) is 3.55. The number of carbonyl (C=O) groups excluding carboxylic acids is 1. The van der Waals surface area contributed by atoms with Gasteiger partial charge in [-0.05, 0) is 12.8 Å². The van der Waals surface area contributed by atoms with E-state index in [1.165, 1.54) is 0 Å². The van der Waals surface area contributed by atoms with Crippen molar-refractivity contribution < 1.29 is 17.9 Å². The van der Waals surface area contributed by atoms with E-state index in [0.717, 1.165) is 17.6 Å². The van der Waals surface area contributed by atoms with Crippen LogP contribution in [-0.4, -0.2) is 32.2 Å². The van der Waals surface area contributed by atoms with E-state index in [1.807, 2.05) is 13.8 Å². The third-order valence-electron chi connectivity index (χ3n) is 1.80. The van der Waals surface area contributed by atoms with Crippen LogP contribution in [0.2, 0.25) is 0 Å². The Balaban J connectivity index is 2.81. The minimum Gasteiger partial charge on any atom is -0.461 e. The molecule has 1 N–H and O–H groups in total. The minimum absolute atomic E-state index is 0.173. The molecule has 102 valence electrons. The van der Waals surface area contributed by atoms with E-state index in [1.54, 1.807) is 6.92 Å². The number of nitrogens with zero attached hydrogens (tertiary/aromatic N) is 1. The second kappa shape index (κ2) is 5.66. The van der Waals surface area contributed by atoms with Crippen LogP contribution < -0.4 is 4.72 Å². The smallest absolute Gasteiger partial charge is 0.350 e. The van der Waals surface area contributed by atoms with Crippen LogP contribution in [-0.2, 0) is 14.8 Å². The maximum Gasteiger partial charge on any atom is 0.350 e. The molecule has 1 aromatic rings. The quantitative estimate of drug-likeness (QED) is 0.834. The number of aryl methyl sites for hydroxylation is 1. The molecule has 0 saturated heterocycles. The molecule has 0 aliphatic heterocycles. The molecule has 0 bridgehead atoms. The molecular weight excluding hydrogens is 276 g/mol. The van der Waals surface area contributed by atoms with Crippen LogP contribution in [0.25, 0.3) is 0 Å². The highest BCUT2D eigenvalue weighted by Gasteiger charge is 2.18. The van der Waals surface area contributed by atoms with Crippen molar-refractivity contribution in [2.24, 2.45) is 5.92 Å². The predicted molar refractivity (Wildman–Crippen MR) is 70.4 cm³/mol. The number of carbonyl (C=O) groups is 1. The van der Waals surface area contributed by atoms with Gasteiger partial charge in [-0.1, -0.05) is 25.2 Å². The van der Waals surface area contributed by atoms with Crippen LogP contribution in [0.15, 0.2) is 0 Å².